The van der Waals surface area contributed by atoms with Gasteiger partial charge in [-0.05, 0) is 31.9 Å². The van der Waals surface area contributed by atoms with Crippen LogP contribution in [0, 0.1) is 6.92 Å². The van der Waals surface area contributed by atoms with Gasteiger partial charge in [0, 0.05) is 6.04 Å². The molecule has 0 heterocycles. The van der Waals surface area contributed by atoms with Crippen LogP contribution in [0.15, 0.2) is 24.3 Å². The van der Waals surface area contributed by atoms with Crippen molar-refractivity contribution in [2.75, 3.05) is 13.2 Å². The van der Waals surface area contributed by atoms with E-state index in [4.69, 9.17) is 4.74 Å². The van der Waals surface area contributed by atoms with E-state index in [-0.39, 0.29) is 31.0 Å². The minimum absolute atomic E-state index is 0.00654. The average molecular weight is 318 g/mol. The first kappa shape index (κ1) is 17.3. The number of carbonyl (C=O) groups is 2. The van der Waals surface area contributed by atoms with Gasteiger partial charge in [0.15, 0.2) is 6.61 Å². The molecule has 1 fully saturated rings. The van der Waals surface area contributed by atoms with Gasteiger partial charge in [-0.25, -0.2) is 0 Å². The van der Waals surface area contributed by atoms with Crippen LogP contribution in [0.2, 0.25) is 0 Å². The van der Waals surface area contributed by atoms with Gasteiger partial charge in [-0.15, -0.1) is 0 Å². The van der Waals surface area contributed by atoms with Crippen molar-refractivity contribution in [2.24, 2.45) is 0 Å². The summed E-state index contributed by atoms with van der Waals surface area (Å²) in [5.74, 6) is 0.232. The molecule has 23 heavy (non-hydrogen) atoms. The number of carbonyl (C=O) groups excluding carboxylic acids is 2. The zero-order valence-corrected chi connectivity index (χ0v) is 13.8. The van der Waals surface area contributed by atoms with Gasteiger partial charge < -0.3 is 15.4 Å². The molecule has 0 atom stereocenters. The van der Waals surface area contributed by atoms with E-state index in [1.807, 2.05) is 31.2 Å². The SMILES string of the molecule is Cc1ccc(OCC(=O)NCC(=O)NC2CCCCCC2)cc1. The zero-order valence-electron chi connectivity index (χ0n) is 13.8. The summed E-state index contributed by atoms with van der Waals surface area (Å²) in [5, 5.41) is 5.59. The maximum atomic E-state index is 11.9. The number of amides is 2. The minimum Gasteiger partial charge on any atom is -0.484 e. The van der Waals surface area contributed by atoms with Gasteiger partial charge in [0.05, 0.1) is 6.54 Å². The number of benzene rings is 1. The third-order valence-corrected chi connectivity index (χ3v) is 4.06. The molecule has 1 aromatic rings. The average Bonchev–Trinajstić information content (AvgIpc) is 2.81. The van der Waals surface area contributed by atoms with Crippen LogP contribution in [0.5, 0.6) is 5.75 Å². The highest BCUT2D eigenvalue weighted by Gasteiger charge is 2.15. The van der Waals surface area contributed by atoms with E-state index in [2.05, 4.69) is 10.6 Å². The van der Waals surface area contributed by atoms with E-state index in [9.17, 15) is 9.59 Å². The molecule has 0 spiro atoms. The van der Waals surface area contributed by atoms with Crippen molar-refractivity contribution in [2.45, 2.75) is 51.5 Å². The summed E-state index contributed by atoms with van der Waals surface area (Å²) in [4.78, 5) is 23.6. The van der Waals surface area contributed by atoms with Crippen molar-refractivity contribution in [1.29, 1.82) is 0 Å². The predicted octanol–water partition coefficient (Wildman–Crippen LogP) is 2.33. The molecule has 5 nitrogen and oxygen atoms in total. The fourth-order valence-electron chi connectivity index (χ4n) is 2.72. The first-order chi connectivity index (χ1) is 11.1. The molecule has 0 radical (unpaired) electrons. The molecular weight excluding hydrogens is 292 g/mol. The number of rotatable bonds is 6. The molecule has 0 aromatic heterocycles. The molecule has 2 amide bonds. The number of hydrogen-bond donors (Lipinski definition) is 2. The third kappa shape index (κ3) is 6.72. The van der Waals surface area contributed by atoms with Gasteiger partial charge in [0.2, 0.25) is 5.91 Å². The molecule has 1 aliphatic rings. The number of hydrogen-bond acceptors (Lipinski definition) is 3. The third-order valence-electron chi connectivity index (χ3n) is 4.06. The largest absolute Gasteiger partial charge is 0.484 e. The number of ether oxygens (including phenoxy) is 1. The maximum Gasteiger partial charge on any atom is 0.258 e. The lowest BCUT2D eigenvalue weighted by Crippen LogP contribution is -2.42. The van der Waals surface area contributed by atoms with E-state index in [0.717, 1.165) is 18.4 Å². The van der Waals surface area contributed by atoms with Gasteiger partial charge >= 0.3 is 0 Å². The quantitative estimate of drug-likeness (QED) is 0.791. The molecule has 0 aliphatic heterocycles. The second-order valence-corrected chi connectivity index (χ2v) is 6.13. The fraction of sp³-hybridized carbons (Fsp3) is 0.556. The van der Waals surface area contributed by atoms with Gasteiger partial charge in [-0.1, -0.05) is 43.4 Å². The Labute approximate surface area is 137 Å². The first-order valence-electron chi connectivity index (χ1n) is 8.39. The topological polar surface area (TPSA) is 67.4 Å². The van der Waals surface area contributed by atoms with Crippen molar-refractivity contribution in [3.05, 3.63) is 29.8 Å². The first-order valence-corrected chi connectivity index (χ1v) is 8.39. The highest BCUT2D eigenvalue weighted by molar-refractivity contribution is 5.85. The Kier molecular flexibility index (Phi) is 6.91. The van der Waals surface area contributed by atoms with Crippen LogP contribution in [0.3, 0.4) is 0 Å². The number of nitrogens with one attached hydrogen (secondary N) is 2. The molecule has 2 N–H and O–H groups in total. The van der Waals surface area contributed by atoms with Crippen molar-refractivity contribution in [3.8, 4) is 5.75 Å². The highest BCUT2D eigenvalue weighted by Crippen LogP contribution is 2.17. The summed E-state index contributed by atoms with van der Waals surface area (Å²) >= 11 is 0. The van der Waals surface area contributed by atoms with Crippen molar-refractivity contribution >= 4 is 11.8 Å². The molecule has 0 unspecified atom stereocenters. The van der Waals surface area contributed by atoms with Crippen molar-refractivity contribution in [3.63, 3.8) is 0 Å². The van der Waals surface area contributed by atoms with Gasteiger partial charge in [0.25, 0.3) is 5.91 Å². The van der Waals surface area contributed by atoms with Crippen LogP contribution < -0.4 is 15.4 Å². The van der Waals surface area contributed by atoms with Gasteiger partial charge in [0.1, 0.15) is 5.75 Å². The van der Waals surface area contributed by atoms with E-state index < -0.39 is 0 Å². The van der Waals surface area contributed by atoms with Gasteiger partial charge in [-0.2, -0.15) is 0 Å². The van der Waals surface area contributed by atoms with Crippen molar-refractivity contribution in [1.82, 2.24) is 10.6 Å². The van der Waals surface area contributed by atoms with Crippen LogP contribution in [0.25, 0.3) is 0 Å². The molecule has 5 heteroatoms. The fourth-order valence-corrected chi connectivity index (χ4v) is 2.72. The van der Waals surface area contributed by atoms with E-state index in [0.29, 0.717) is 5.75 Å². The molecule has 126 valence electrons. The maximum absolute atomic E-state index is 11.9. The van der Waals surface area contributed by atoms with E-state index in [1.54, 1.807) is 0 Å². The van der Waals surface area contributed by atoms with Crippen LogP contribution in [0.1, 0.15) is 44.1 Å². The smallest absolute Gasteiger partial charge is 0.258 e. The van der Waals surface area contributed by atoms with E-state index in [1.165, 1.54) is 25.7 Å². The Balaban J connectivity index is 1.63. The molecule has 0 bridgehead atoms. The zero-order chi connectivity index (χ0) is 16.5. The van der Waals surface area contributed by atoms with Gasteiger partial charge in [-0.3, -0.25) is 9.59 Å². The lowest BCUT2D eigenvalue weighted by atomic mass is 10.1. The lowest BCUT2D eigenvalue weighted by molar-refractivity contribution is -0.127. The monoisotopic (exact) mass is 318 g/mol. The van der Waals surface area contributed by atoms with Crippen LogP contribution in [-0.4, -0.2) is 31.0 Å². The minimum atomic E-state index is -0.290. The van der Waals surface area contributed by atoms with Crippen LogP contribution >= 0.6 is 0 Å². The Morgan fingerprint density at radius 2 is 1.70 bits per heavy atom. The summed E-state index contributed by atoms with van der Waals surface area (Å²) in [6.07, 6.45) is 6.91. The predicted molar refractivity (Wildman–Crippen MR) is 89.3 cm³/mol. The lowest BCUT2D eigenvalue weighted by Gasteiger charge is -2.16. The summed E-state index contributed by atoms with van der Waals surface area (Å²) in [7, 11) is 0. The normalized spacial score (nSPS) is 15.5. The summed E-state index contributed by atoms with van der Waals surface area (Å²) in [5.41, 5.74) is 1.14. The molecular formula is C18H26N2O3. The summed E-state index contributed by atoms with van der Waals surface area (Å²) in [6, 6.07) is 7.74. The molecule has 1 saturated carbocycles. The molecule has 2 rings (SSSR count). The Hall–Kier alpha value is -2.04. The summed E-state index contributed by atoms with van der Waals surface area (Å²) in [6.45, 7) is 1.91. The van der Waals surface area contributed by atoms with Crippen molar-refractivity contribution < 1.29 is 14.3 Å². The number of aryl methyl sites for hydroxylation is 1. The standard InChI is InChI=1S/C18H26N2O3/c1-14-8-10-16(11-9-14)23-13-18(22)19-12-17(21)20-15-6-4-2-3-5-7-15/h8-11,15H,2-7,12-13H2,1H3,(H,19,22)(H,20,21). The molecule has 1 aliphatic carbocycles. The van der Waals surface area contributed by atoms with Crippen LogP contribution in [0.4, 0.5) is 0 Å². The Bertz CT molecular complexity index is 506. The van der Waals surface area contributed by atoms with Crippen LogP contribution in [-0.2, 0) is 9.59 Å². The Morgan fingerprint density at radius 1 is 1.04 bits per heavy atom. The Morgan fingerprint density at radius 3 is 2.35 bits per heavy atom. The molecule has 0 saturated heterocycles. The summed E-state index contributed by atoms with van der Waals surface area (Å²) < 4.78 is 5.38. The highest BCUT2D eigenvalue weighted by atomic mass is 16.5. The molecule has 1 aromatic carbocycles. The second kappa shape index (κ2) is 9.18. The second-order valence-electron chi connectivity index (χ2n) is 6.13. The van der Waals surface area contributed by atoms with E-state index >= 15 is 0 Å².